The summed E-state index contributed by atoms with van der Waals surface area (Å²) in [5.41, 5.74) is -0.528. The van der Waals surface area contributed by atoms with E-state index in [0.717, 1.165) is 25.7 Å². The highest BCUT2D eigenvalue weighted by Gasteiger charge is 2.46. The highest BCUT2D eigenvalue weighted by Crippen LogP contribution is 2.37. The summed E-state index contributed by atoms with van der Waals surface area (Å²) in [5.74, 6) is -0.643. The molecule has 0 aromatic carbocycles. The molecule has 1 N–H and O–H groups in total. The maximum Gasteiger partial charge on any atom is 0.324 e. The summed E-state index contributed by atoms with van der Waals surface area (Å²) in [5, 5.41) is 9.63. The minimum absolute atomic E-state index is 0.106. The van der Waals surface area contributed by atoms with E-state index in [2.05, 4.69) is 32.6 Å². The molecule has 0 aliphatic heterocycles. The van der Waals surface area contributed by atoms with Gasteiger partial charge >= 0.3 is 5.97 Å². The third-order valence-corrected chi connectivity index (χ3v) is 4.59. The quantitative estimate of drug-likeness (QED) is 0.825. The third kappa shape index (κ3) is 2.82. The molecule has 0 bridgehead atoms. The van der Waals surface area contributed by atoms with Gasteiger partial charge in [-0.15, -0.1) is 0 Å². The number of hydrogen-bond acceptors (Lipinski definition) is 2. The van der Waals surface area contributed by atoms with Gasteiger partial charge in [-0.25, -0.2) is 0 Å². The molecular weight excluding hydrogens is 214 g/mol. The third-order valence-electron chi connectivity index (χ3n) is 4.59. The van der Waals surface area contributed by atoms with E-state index in [1.165, 1.54) is 6.42 Å². The van der Waals surface area contributed by atoms with Crippen molar-refractivity contribution in [2.45, 2.75) is 71.4 Å². The second-order valence-electron chi connectivity index (χ2n) is 6.55. The van der Waals surface area contributed by atoms with Crippen LogP contribution in [0.2, 0.25) is 0 Å². The molecule has 17 heavy (non-hydrogen) atoms. The molecule has 0 aromatic heterocycles. The molecule has 0 heterocycles. The first kappa shape index (κ1) is 14.5. The number of carbonyl (C=O) groups is 1. The van der Waals surface area contributed by atoms with Crippen molar-refractivity contribution < 1.29 is 9.90 Å². The lowest BCUT2D eigenvalue weighted by Gasteiger charge is -2.47. The molecule has 3 heteroatoms. The fraction of sp³-hybridized carbons (Fsp3) is 0.929. The molecule has 0 saturated heterocycles. The van der Waals surface area contributed by atoms with E-state index in [1.807, 2.05) is 7.05 Å². The van der Waals surface area contributed by atoms with Crippen molar-refractivity contribution in [3.8, 4) is 0 Å². The summed E-state index contributed by atoms with van der Waals surface area (Å²) in [7, 11) is 1.98. The zero-order chi connectivity index (χ0) is 13.3. The maximum absolute atomic E-state index is 11.7. The second-order valence-corrected chi connectivity index (χ2v) is 6.55. The average Bonchev–Trinajstić information content (AvgIpc) is 2.26. The second kappa shape index (κ2) is 4.97. The standard InChI is InChI=1S/C14H27NO2/c1-11(13(2,3)4)15(5)14(12(16)17)9-7-6-8-10-14/h11H,6-10H2,1-5H3,(H,16,17). The Morgan fingerprint density at radius 2 is 1.71 bits per heavy atom. The normalized spacial score (nSPS) is 22.5. The van der Waals surface area contributed by atoms with Gasteiger partial charge in [0.25, 0.3) is 0 Å². The Balaban J connectivity index is 2.95. The zero-order valence-corrected chi connectivity index (χ0v) is 11.9. The predicted octanol–water partition coefficient (Wildman–Crippen LogP) is 3.14. The molecule has 1 aliphatic rings. The highest BCUT2D eigenvalue weighted by atomic mass is 16.4. The number of nitrogens with zero attached hydrogens (tertiary/aromatic N) is 1. The van der Waals surface area contributed by atoms with E-state index < -0.39 is 11.5 Å². The lowest BCUT2D eigenvalue weighted by atomic mass is 9.77. The molecule has 0 spiro atoms. The highest BCUT2D eigenvalue weighted by molar-refractivity contribution is 5.79. The first-order chi connectivity index (χ1) is 7.72. The van der Waals surface area contributed by atoms with Gasteiger partial charge in [0.05, 0.1) is 0 Å². The van der Waals surface area contributed by atoms with Crippen molar-refractivity contribution in [2.24, 2.45) is 5.41 Å². The summed E-state index contributed by atoms with van der Waals surface area (Å²) in [4.78, 5) is 13.8. The van der Waals surface area contributed by atoms with Crippen molar-refractivity contribution in [1.29, 1.82) is 0 Å². The summed E-state index contributed by atoms with van der Waals surface area (Å²) in [6.07, 6.45) is 4.83. The Kier molecular flexibility index (Phi) is 4.23. The van der Waals surface area contributed by atoms with Gasteiger partial charge in [0, 0.05) is 6.04 Å². The van der Waals surface area contributed by atoms with Gasteiger partial charge < -0.3 is 5.11 Å². The SMILES string of the molecule is CC(N(C)C1(C(=O)O)CCCCC1)C(C)(C)C. The largest absolute Gasteiger partial charge is 0.480 e. The molecule has 1 rings (SSSR count). The van der Waals surface area contributed by atoms with Crippen LogP contribution in [0.1, 0.15) is 59.8 Å². The van der Waals surface area contributed by atoms with E-state index in [9.17, 15) is 9.90 Å². The minimum atomic E-state index is -0.643. The lowest BCUT2D eigenvalue weighted by molar-refractivity contribution is -0.156. The number of likely N-dealkylation sites (N-methyl/N-ethyl adjacent to an activating group) is 1. The summed E-state index contributed by atoms with van der Waals surface area (Å²) < 4.78 is 0. The fourth-order valence-corrected chi connectivity index (χ4v) is 2.81. The van der Waals surface area contributed by atoms with E-state index in [4.69, 9.17) is 0 Å². The van der Waals surface area contributed by atoms with Gasteiger partial charge in [-0.2, -0.15) is 0 Å². The smallest absolute Gasteiger partial charge is 0.324 e. The predicted molar refractivity (Wildman–Crippen MR) is 70.1 cm³/mol. The number of aliphatic carboxylic acids is 1. The van der Waals surface area contributed by atoms with Crippen LogP contribution in [0.4, 0.5) is 0 Å². The van der Waals surface area contributed by atoms with Crippen LogP contribution in [0.5, 0.6) is 0 Å². The van der Waals surface area contributed by atoms with E-state index in [-0.39, 0.29) is 11.5 Å². The van der Waals surface area contributed by atoms with Gasteiger partial charge in [0.1, 0.15) is 5.54 Å². The van der Waals surface area contributed by atoms with Crippen molar-refractivity contribution >= 4 is 5.97 Å². The van der Waals surface area contributed by atoms with Gasteiger partial charge in [-0.1, -0.05) is 40.0 Å². The van der Waals surface area contributed by atoms with Crippen molar-refractivity contribution in [1.82, 2.24) is 4.90 Å². The number of carboxylic acids is 1. The fourth-order valence-electron chi connectivity index (χ4n) is 2.81. The first-order valence-corrected chi connectivity index (χ1v) is 6.68. The lowest BCUT2D eigenvalue weighted by Crippen LogP contribution is -2.59. The van der Waals surface area contributed by atoms with Crippen LogP contribution in [0, 0.1) is 5.41 Å². The van der Waals surface area contributed by atoms with Gasteiger partial charge in [0.15, 0.2) is 0 Å². The Morgan fingerprint density at radius 3 is 2.06 bits per heavy atom. The Bertz CT molecular complexity index is 274. The zero-order valence-electron chi connectivity index (χ0n) is 11.9. The molecule has 0 radical (unpaired) electrons. The molecule has 3 nitrogen and oxygen atoms in total. The van der Waals surface area contributed by atoms with E-state index >= 15 is 0 Å². The molecule has 100 valence electrons. The van der Waals surface area contributed by atoms with Gasteiger partial charge in [0.2, 0.25) is 0 Å². The molecule has 1 unspecified atom stereocenters. The molecule has 1 saturated carbocycles. The van der Waals surface area contributed by atoms with Crippen LogP contribution in [-0.2, 0) is 4.79 Å². The minimum Gasteiger partial charge on any atom is -0.480 e. The summed E-state index contributed by atoms with van der Waals surface area (Å²) in [6.45, 7) is 8.66. The molecule has 1 fully saturated rings. The van der Waals surface area contributed by atoms with Crippen molar-refractivity contribution in [3.05, 3.63) is 0 Å². The van der Waals surface area contributed by atoms with Crippen LogP contribution in [0.15, 0.2) is 0 Å². The summed E-state index contributed by atoms with van der Waals surface area (Å²) in [6, 6.07) is 0.261. The number of hydrogen-bond donors (Lipinski definition) is 1. The van der Waals surface area contributed by atoms with Crippen LogP contribution in [0.25, 0.3) is 0 Å². The molecule has 1 atom stereocenters. The first-order valence-electron chi connectivity index (χ1n) is 6.68. The van der Waals surface area contributed by atoms with Gasteiger partial charge in [-0.3, -0.25) is 9.69 Å². The van der Waals surface area contributed by atoms with Gasteiger partial charge in [-0.05, 0) is 32.2 Å². The summed E-state index contributed by atoms with van der Waals surface area (Å²) >= 11 is 0. The Labute approximate surface area is 105 Å². The van der Waals surface area contributed by atoms with E-state index in [1.54, 1.807) is 0 Å². The monoisotopic (exact) mass is 241 g/mol. The Morgan fingerprint density at radius 1 is 1.24 bits per heavy atom. The average molecular weight is 241 g/mol. The van der Waals surface area contributed by atoms with Crippen molar-refractivity contribution in [3.63, 3.8) is 0 Å². The number of carboxylic acid groups (broad SMARTS) is 1. The molecular formula is C14H27NO2. The van der Waals surface area contributed by atoms with Crippen LogP contribution in [0.3, 0.4) is 0 Å². The maximum atomic E-state index is 11.7. The molecule has 0 amide bonds. The van der Waals surface area contributed by atoms with Crippen LogP contribution >= 0.6 is 0 Å². The van der Waals surface area contributed by atoms with Crippen molar-refractivity contribution in [2.75, 3.05) is 7.05 Å². The Hall–Kier alpha value is -0.570. The number of rotatable bonds is 3. The van der Waals surface area contributed by atoms with E-state index in [0.29, 0.717) is 0 Å². The molecule has 0 aromatic rings. The topological polar surface area (TPSA) is 40.5 Å². The van der Waals surface area contributed by atoms with Crippen LogP contribution < -0.4 is 0 Å². The molecule has 1 aliphatic carbocycles. The van der Waals surface area contributed by atoms with Crippen LogP contribution in [-0.4, -0.2) is 34.6 Å².